The van der Waals surface area contributed by atoms with Gasteiger partial charge >= 0.3 is 0 Å². The lowest BCUT2D eigenvalue weighted by molar-refractivity contribution is 0.408. The first-order chi connectivity index (χ1) is 8.14. The summed E-state index contributed by atoms with van der Waals surface area (Å²) in [5.41, 5.74) is 0. The third-order valence-corrected chi connectivity index (χ3v) is 7.45. The number of hydrogen-bond acceptors (Lipinski definition) is 3. The summed E-state index contributed by atoms with van der Waals surface area (Å²) in [5, 5.41) is 3.67. The summed E-state index contributed by atoms with van der Waals surface area (Å²) >= 11 is 0. The van der Waals surface area contributed by atoms with Gasteiger partial charge in [0.2, 0.25) is 0 Å². The van der Waals surface area contributed by atoms with Gasteiger partial charge in [-0.3, -0.25) is 0 Å². The van der Waals surface area contributed by atoms with Crippen molar-refractivity contribution in [2.45, 2.75) is 44.2 Å². The van der Waals surface area contributed by atoms with Gasteiger partial charge in [-0.25, -0.2) is 8.42 Å². The van der Waals surface area contributed by atoms with Crippen LogP contribution in [0.25, 0.3) is 0 Å². The van der Waals surface area contributed by atoms with Gasteiger partial charge in [-0.2, -0.15) is 0 Å². The second-order valence-corrected chi connectivity index (χ2v) is 8.86. The van der Waals surface area contributed by atoms with Gasteiger partial charge in [-0.1, -0.05) is 0 Å². The highest BCUT2D eigenvalue weighted by atomic mass is 32.2. The van der Waals surface area contributed by atoms with Gasteiger partial charge < -0.3 is 5.32 Å². The lowest BCUT2D eigenvalue weighted by atomic mass is 10.0. The average Bonchev–Trinajstić information content (AvgIpc) is 2.69. The van der Waals surface area contributed by atoms with Crippen LogP contribution in [0.4, 0.5) is 0 Å². The molecule has 1 heterocycles. The van der Waals surface area contributed by atoms with Crippen LogP contribution >= 0.6 is 0 Å². The van der Waals surface area contributed by atoms with Crippen LogP contribution in [-0.4, -0.2) is 32.0 Å². The molecule has 4 aliphatic rings. The van der Waals surface area contributed by atoms with Crippen molar-refractivity contribution in [3.05, 3.63) is 0 Å². The lowest BCUT2D eigenvalue weighted by Crippen LogP contribution is -2.42. The summed E-state index contributed by atoms with van der Waals surface area (Å²) < 4.78 is 23.2. The largest absolute Gasteiger partial charge is 0.310 e. The molecule has 5 unspecified atom stereocenters. The molecule has 4 rings (SSSR count). The predicted octanol–water partition coefficient (Wildman–Crippen LogP) is 1.20. The average molecular weight is 255 g/mol. The van der Waals surface area contributed by atoms with Gasteiger partial charge in [0.05, 0.1) is 11.5 Å². The van der Waals surface area contributed by atoms with E-state index in [1.165, 1.54) is 19.3 Å². The molecule has 3 saturated carbocycles. The molecule has 0 aromatic rings. The SMILES string of the molecule is O=S1(=O)CCCC(NC2C3C4CCC(C4)C23)C1. The van der Waals surface area contributed by atoms with Crippen LogP contribution in [0.3, 0.4) is 0 Å². The Morgan fingerprint density at radius 3 is 2.35 bits per heavy atom. The normalized spacial score (nSPS) is 54.6. The van der Waals surface area contributed by atoms with Crippen LogP contribution in [0.1, 0.15) is 32.1 Å². The molecule has 96 valence electrons. The quantitative estimate of drug-likeness (QED) is 0.806. The first-order valence-corrected chi connectivity index (χ1v) is 8.93. The van der Waals surface area contributed by atoms with Crippen LogP contribution < -0.4 is 5.32 Å². The monoisotopic (exact) mass is 255 g/mol. The maximum absolute atomic E-state index is 11.6. The molecular weight excluding hydrogens is 234 g/mol. The van der Waals surface area contributed by atoms with Crippen molar-refractivity contribution in [3.8, 4) is 0 Å². The van der Waals surface area contributed by atoms with Crippen LogP contribution in [0.5, 0.6) is 0 Å². The maximum atomic E-state index is 11.6. The van der Waals surface area contributed by atoms with E-state index in [1.807, 2.05) is 0 Å². The molecule has 4 heteroatoms. The molecular formula is C13H21NO2S. The van der Waals surface area contributed by atoms with E-state index >= 15 is 0 Å². The highest BCUT2D eigenvalue weighted by Gasteiger charge is 2.65. The van der Waals surface area contributed by atoms with Crippen molar-refractivity contribution in [2.24, 2.45) is 23.7 Å². The Balaban J connectivity index is 1.40. The molecule has 0 aromatic heterocycles. The molecule has 5 atom stereocenters. The van der Waals surface area contributed by atoms with E-state index in [4.69, 9.17) is 0 Å². The van der Waals surface area contributed by atoms with Crippen molar-refractivity contribution >= 4 is 9.84 Å². The van der Waals surface area contributed by atoms with E-state index < -0.39 is 9.84 Å². The molecule has 17 heavy (non-hydrogen) atoms. The lowest BCUT2D eigenvalue weighted by Gasteiger charge is -2.24. The van der Waals surface area contributed by atoms with Gasteiger partial charge in [0.1, 0.15) is 0 Å². The minimum atomic E-state index is -2.75. The maximum Gasteiger partial charge on any atom is 0.151 e. The van der Waals surface area contributed by atoms with Gasteiger partial charge in [0.15, 0.2) is 9.84 Å². The molecule has 0 aromatic carbocycles. The molecule has 1 saturated heterocycles. The summed E-state index contributed by atoms with van der Waals surface area (Å²) in [6.07, 6.45) is 6.26. The van der Waals surface area contributed by atoms with E-state index in [2.05, 4.69) is 5.32 Å². The Bertz CT molecular complexity index is 417. The van der Waals surface area contributed by atoms with Gasteiger partial charge in [0, 0.05) is 12.1 Å². The van der Waals surface area contributed by atoms with E-state index in [0.717, 1.165) is 36.5 Å². The van der Waals surface area contributed by atoms with Crippen molar-refractivity contribution < 1.29 is 8.42 Å². The number of nitrogens with one attached hydrogen (secondary N) is 1. The Labute approximate surface area is 103 Å². The highest BCUT2D eigenvalue weighted by Crippen LogP contribution is 2.65. The first kappa shape index (κ1) is 10.8. The minimum absolute atomic E-state index is 0.253. The standard InChI is InChI=1S/C13H21NO2S/c15-17(16)5-1-2-10(7-17)14-13-11-8-3-4-9(6-8)12(11)13/h8-14H,1-7H2. The fourth-order valence-electron chi connectivity index (χ4n) is 4.97. The van der Waals surface area contributed by atoms with Crippen LogP contribution in [-0.2, 0) is 9.84 Å². The Morgan fingerprint density at radius 2 is 1.71 bits per heavy atom. The van der Waals surface area contributed by atoms with Crippen LogP contribution in [0.2, 0.25) is 0 Å². The smallest absolute Gasteiger partial charge is 0.151 e. The van der Waals surface area contributed by atoms with E-state index in [1.54, 1.807) is 0 Å². The summed E-state index contributed by atoms with van der Waals surface area (Å²) in [6.45, 7) is 0. The summed E-state index contributed by atoms with van der Waals surface area (Å²) in [5.74, 6) is 4.58. The topological polar surface area (TPSA) is 46.2 Å². The second kappa shape index (κ2) is 3.47. The molecule has 0 spiro atoms. The Hall–Kier alpha value is -0.0900. The fraction of sp³-hybridized carbons (Fsp3) is 1.00. The summed E-state index contributed by atoms with van der Waals surface area (Å²) in [6, 6.07) is 0.934. The highest BCUT2D eigenvalue weighted by molar-refractivity contribution is 7.91. The zero-order valence-electron chi connectivity index (χ0n) is 10.1. The van der Waals surface area contributed by atoms with Gasteiger partial charge in [-0.05, 0) is 55.8 Å². The number of rotatable bonds is 2. The second-order valence-electron chi connectivity index (χ2n) is 6.63. The third-order valence-electron chi connectivity index (χ3n) is 5.63. The fourth-order valence-corrected chi connectivity index (χ4v) is 6.62. The summed E-state index contributed by atoms with van der Waals surface area (Å²) in [7, 11) is -2.75. The molecule has 3 nitrogen and oxygen atoms in total. The van der Waals surface area contributed by atoms with E-state index in [-0.39, 0.29) is 6.04 Å². The molecule has 3 aliphatic carbocycles. The van der Waals surface area contributed by atoms with Crippen molar-refractivity contribution in [3.63, 3.8) is 0 Å². The third kappa shape index (κ3) is 1.67. The van der Waals surface area contributed by atoms with E-state index in [9.17, 15) is 8.42 Å². The number of hydrogen-bond donors (Lipinski definition) is 1. The minimum Gasteiger partial charge on any atom is -0.310 e. The van der Waals surface area contributed by atoms with Crippen LogP contribution in [0, 0.1) is 23.7 Å². The number of fused-ring (bicyclic) bond motifs is 5. The molecule has 2 bridgehead atoms. The Kier molecular flexibility index (Phi) is 2.21. The molecule has 0 amide bonds. The van der Waals surface area contributed by atoms with E-state index in [0.29, 0.717) is 17.5 Å². The van der Waals surface area contributed by atoms with Gasteiger partial charge in [0.25, 0.3) is 0 Å². The number of sulfone groups is 1. The van der Waals surface area contributed by atoms with Crippen molar-refractivity contribution in [1.82, 2.24) is 5.32 Å². The zero-order chi connectivity index (χ0) is 11.6. The zero-order valence-corrected chi connectivity index (χ0v) is 11.0. The molecule has 0 radical (unpaired) electrons. The van der Waals surface area contributed by atoms with Crippen molar-refractivity contribution in [1.29, 1.82) is 0 Å². The predicted molar refractivity (Wildman–Crippen MR) is 66.4 cm³/mol. The Morgan fingerprint density at radius 1 is 1.00 bits per heavy atom. The molecule has 1 aliphatic heterocycles. The van der Waals surface area contributed by atoms with Crippen LogP contribution in [0.15, 0.2) is 0 Å². The van der Waals surface area contributed by atoms with Gasteiger partial charge in [-0.15, -0.1) is 0 Å². The summed E-state index contributed by atoms with van der Waals surface area (Å²) in [4.78, 5) is 0. The van der Waals surface area contributed by atoms with Crippen molar-refractivity contribution in [2.75, 3.05) is 11.5 Å². The molecule has 1 N–H and O–H groups in total. The molecule has 4 fully saturated rings. The first-order valence-electron chi connectivity index (χ1n) is 7.10.